The Bertz CT molecular complexity index is 1380. The molecule has 14 heteroatoms. The molecule has 2 aromatic heterocycles. The molecule has 0 aliphatic heterocycles. The van der Waals surface area contributed by atoms with E-state index in [1.54, 1.807) is 29.9 Å². The number of halogens is 2. The van der Waals surface area contributed by atoms with Crippen LogP contribution in [0.25, 0.3) is 22.5 Å². The Morgan fingerprint density at radius 3 is 2.53 bits per heavy atom. The van der Waals surface area contributed by atoms with Crippen LogP contribution in [-0.2, 0) is 10.0 Å². The van der Waals surface area contributed by atoms with Crippen LogP contribution < -0.4 is 10.0 Å². The Kier molecular flexibility index (Phi) is 8.32. The van der Waals surface area contributed by atoms with Crippen molar-refractivity contribution in [3.63, 3.8) is 0 Å². The van der Waals surface area contributed by atoms with E-state index in [2.05, 4.69) is 25.1 Å². The quantitative estimate of drug-likeness (QED) is 0.345. The van der Waals surface area contributed by atoms with E-state index in [9.17, 15) is 13.2 Å². The summed E-state index contributed by atoms with van der Waals surface area (Å²) < 4.78 is 27.8. The molecule has 0 aliphatic rings. The molecule has 0 fully saturated rings. The Labute approximate surface area is 219 Å². The van der Waals surface area contributed by atoms with Crippen LogP contribution in [0, 0.1) is 0 Å². The normalized spacial score (nSPS) is 12.4. The fourth-order valence-corrected chi connectivity index (χ4v) is 4.32. The van der Waals surface area contributed by atoms with Crippen molar-refractivity contribution in [2.75, 3.05) is 29.9 Å². The van der Waals surface area contributed by atoms with Crippen LogP contribution in [0.5, 0.6) is 0 Å². The van der Waals surface area contributed by atoms with Crippen molar-refractivity contribution in [3.05, 3.63) is 40.6 Å². The van der Waals surface area contributed by atoms with Gasteiger partial charge in [0.1, 0.15) is 5.69 Å². The Morgan fingerprint density at radius 1 is 1.22 bits per heavy atom. The van der Waals surface area contributed by atoms with Gasteiger partial charge in [0.05, 0.1) is 22.7 Å². The van der Waals surface area contributed by atoms with Gasteiger partial charge in [0.25, 0.3) is 0 Å². The van der Waals surface area contributed by atoms with Crippen molar-refractivity contribution in [2.45, 2.75) is 32.9 Å². The number of rotatable bonds is 9. The molecule has 3 aromatic rings. The minimum Gasteiger partial charge on any atom is -0.465 e. The van der Waals surface area contributed by atoms with Gasteiger partial charge in [-0.15, -0.1) is 0 Å². The Hall–Kier alpha value is -3.09. The number of hydrogen-bond acceptors (Lipinski definition) is 7. The zero-order valence-corrected chi connectivity index (χ0v) is 22.6. The number of hydrogen-bond donors (Lipinski definition) is 3. The van der Waals surface area contributed by atoms with Gasteiger partial charge in [-0.2, -0.15) is 5.10 Å². The minimum absolute atomic E-state index is 0.0101. The van der Waals surface area contributed by atoms with E-state index in [1.165, 1.54) is 18.0 Å². The number of carboxylic acid groups (broad SMARTS) is 1. The first-order valence-corrected chi connectivity index (χ1v) is 13.5. The number of amides is 1. The van der Waals surface area contributed by atoms with Gasteiger partial charge in [-0.1, -0.05) is 23.2 Å². The molecular weight excluding hydrogens is 529 g/mol. The minimum atomic E-state index is -3.60. The summed E-state index contributed by atoms with van der Waals surface area (Å²) in [7, 11) is -2.12. The highest BCUT2D eigenvalue weighted by atomic mass is 35.5. The molecule has 0 aliphatic carbocycles. The Balaban J connectivity index is 2.06. The standard InChI is InChI=1S/C22H27Cl2N7O4S/c1-12(2)31-11-16(17-6-7-25-21(27-17)26-10-13(3)30(4)22(32)33)20(28-31)15-8-14(23)9-18(19(15)24)29-36(5,34)35/h6-9,11-13,29H,10H2,1-5H3,(H,32,33)(H,25,26,27)/t13-/m0/s1. The van der Waals surface area contributed by atoms with Crippen LogP contribution in [-0.4, -0.2) is 70.2 Å². The number of anilines is 2. The third-order valence-corrected chi connectivity index (χ3v) is 6.52. The molecule has 0 unspecified atom stereocenters. The van der Waals surface area contributed by atoms with Crippen LogP contribution in [0.15, 0.2) is 30.6 Å². The summed E-state index contributed by atoms with van der Waals surface area (Å²) >= 11 is 12.9. The van der Waals surface area contributed by atoms with E-state index in [4.69, 9.17) is 28.3 Å². The summed E-state index contributed by atoms with van der Waals surface area (Å²) in [6, 6.07) is 4.43. The van der Waals surface area contributed by atoms with E-state index >= 15 is 0 Å². The van der Waals surface area contributed by atoms with Gasteiger partial charge in [-0.05, 0) is 39.0 Å². The molecule has 194 valence electrons. The third-order valence-electron chi connectivity index (χ3n) is 5.30. The molecule has 0 saturated heterocycles. The lowest BCUT2D eigenvalue weighted by atomic mass is 10.0. The second-order valence-electron chi connectivity index (χ2n) is 8.54. The van der Waals surface area contributed by atoms with Gasteiger partial charge in [0.2, 0.25) is 16.0 Å². The van der Waals surface area contributed by atoms with E-state index in [1.807, 2.05) is 20.0 Å². The van der Waals surface area contributed by atoms with Crippen molar-refractivity contribution in [2.24, 2.45) is 0 Å². The molecule has 3 rings (SSSR count). The Morgan fingerprint density at radius 2 is 1.92 bits per heavy atom. The number of sulfonamides is 1. The van der Waals surface area contributed by atoms with Gasteiger partial charge in [-0.25, -0.2) is 23.2 Å². The van der Waals surface area contributed by atoms with Crippen LogP contribution >= 0.6 is 23.2 Å². The van der Waals surface area contributed by atoms with Crippen molar-refractivity contribution in [1.29, 1.82) is 0 Å². The smallest absolute Gasteiger partial charge is 0.407 e. The van der Waals surface area contributed by atoms with Crippen LogP contribution in [0.4, 0.5) is 16.4 Å². The molecule has 36 heavy (non-hydrogen) atoms. The highest BCUT2D eigenvalue weighted by Gasteiger charge is 2.22. The molecule has 1 atom stereocenters. The van der Waals surface area contributed by atoms with Gasteiger partial charge >= 0.3 is 6.09 Å². The lowest BCUT2D eigenvalue weighted by Crippen LogP contribution is -2.38. The number of likely N-dealkylation sites (N-methyl/N-ethyl adjacent to an activating group) is 1. The molecule has 1 amide bonds. The highest BCUT2D eigenvalue weighted by Crippen LogP contribution is 2.40. The van der Waals surface area contributed by atoms with Crippen molar-refractivity contribution < 1.29 is 18.3 Å². The number of carbonyl (C=O) groups is 1. The van der Waals surface area contributed by atoms with Crippen molar-refractivity contribution in [1.82, 2.24) is 24.6 Å². The monoisotopic (exact) mass is 555 g/mol. The van der Waals surface area contributed by atoms with Crippen LogP contribution in [0.1, 0.15) is 26.8 Å². The molecule has 0 bridgehead atoms. The zero-order chi connectivity index (χ0) is 26.8. The van der Waals surface area contributed by atoms with E-state index in [-0.39, 0.29) is 27.8 Å². The molecule has 0 spiro atoms. The molecule has 0 radical (unpaired) electrons. The number of benzene rings is 1. The highest BCUT2D eigenvalue weighted by molar-refractivity contribution is 7.92. The number of aromatic nitrogens is 4. The molecule has 3 N–H and O–H groups in total. The first-order valence-electron chi connectivity index (χ1n) is 10.9. The molecule has 0 saturated carbocycles. The first-order chi connectivity index (χ1) is 16.8. The maximum Gasteiger partial charge on any atom is 0.407 e. The molecule has 1 aromatic carbocycles. The predicted octanol–water partition coefficient (Wildman–Crippen LogP) is 4.68. The van der Waals surface area contributed by atoms with Gasteiger partial charge in [-0.3, -0.25) is 9.40 Å². The maximum absolute atomic E-state index is 11.8. The summed E-state index contributed by atoms with van der Waals surface area (Å²) in [5.41, 5.74) is 2.17. The molecular formula is C22H27Cl2N7O4S. The predicted molar refractivity (Wildman–Crippen MR) is 141 cm³/mol. The van der Waals surface area contributed by atoms with Gasteiger partial charge in [0, 0.05) is 54.2 Å². The summed E-state index contributed by atoms with van der Waals surface area (Å²) in [6.45, 7) is 5.98. The second kappa shape index (κ2) is 10.9. The number of nitrogens with zero attached hydrogens (tertiary/aromatic N) is 5. The fraction of sp³-hybridized carbons (Fsp3) is 0.364. The zero-order valence-electron chi connectivity index (χ0n) is 20.3. The average molecular weight is 556 g/mol. The van der Waals surface area contributed by atoms with Crippen molar-refractivity contribution in [3.8, 4) is 22.5 Å². The lowest BCUT2D eigenvalue weighted by molar-refractivity contribution is 0.144. The van der Waals surface area contributed by atoms with Crippen LogP contribution in [0.2, 0.25) is 10.0 Å². The van der Waals surface area contributed by atoms with E-state index in [0.29, 0.717) is 35.0 Å². The van der Waals surface area contributed by atoms with E-state index in [0.717, 1.165) is 6.26 Å². The largest absolute Gasteiger partial charge is 0.465 e. The van der Waals surface area contributed by atoms with Crippen LogP contribution in [0.3, 0.4) is 0 Å². The molecule has 11 nitrogen and oxygen atoms in total. The summed E-state index contributed by atoms with van der Waals surface area (Å²) in [5, 5.41) is 17.3. The SMILES string of the molecule is CC(C)n1cc(-c2ccnc(NC[C@H](C)N(C)C(=O)O)n2)c(-c2cc(Cl)cc(NS(C)(=O)=O)c2Cl)n1. The molecule has 2 heterocycles. The van der Waals surface area contributed by atoms with Gasteiger partial charge < -0.3 is 15.3 Å². The van der Waals surface area contributed by atoms with Crippen molar-refractivity contribution >= 4 is 51.0 Å². The lowest BCUT2D eigenvalue weighted by Gasteiger charge is -2.22. The van der Waals surface area contributed by atoms with E-state index < -0.39 is 16.1 Å². The summed E-state index contributed by atoms with van der Waals surface area (Å²) in [6.07, 6.45) is 3.37. The first kappa shape index (κ1) is 27.5. The fourth-order valence-electron chi connectivity index (χ4n) is 3.24. The third kappa shape index (κ3) is 6.56. The summed E-state index contributed by atoms with van der Waals surface area (Å²) in [5.74, 6) is 0.304. The second-order valence-corrected chi connectivity index (χ2v) is 11.1. The number of nitrogens with one attached hydrogen (secondary N) is 2. The topological polar surface area (TPSA) is 142 Å². The average Bonchev–Trinajstić information content (AvgIpc) is 3.24. The maximum atomic E-state index is 11.8. The van der Waals surface area contributed by atoms with Gasteiger partial charge in [0.15, 0.2) is 0 Å². The summed E-state index contributed by atoms with van der Waals surface area (Å²) in [4.78, 5) is 21.2.